The summed E-state index contributed by atoms with van der Waals surface area (Å²) >= 11 is 0. The van der Waals surface area contributed by atoms with Crippen LogP contribution in [0.2, 0.25) is 0 Å². The maximum atomic E-state index is 12.7. The zero-order valence-electron chi connectivity index (χ0n) is 14.2. The van der Waals surface area contributed by atoms with E-state index in [9.17, 15) is 9.90 Å². The molecule has 5 rings (SSSR count). The Bertz CT molecular complexity index is 747. The first kappa shape index (κ1) is 14.7. The molecule has 5 heteroatoms. The summed E-state index contributed by atoms with van der Waals surface area (Å²) in [4.78, 5) is 15.0. The van der Waals surface area contributed by atoms with Crippen molar-refractivity contribution in [3.63, 3.8) is 0 Å². The lowest BCUT2D eigenvalue weighted by atomic mass is 9.49. The molecule has 1 N–H and O–H groups in total. The van der Waals surface area contributed by atoms with Gasteiger partial charge in [-0.15, -0.1) is 0 Å². The van der Waals surface area contributed by atoms with Crippen LogP contribution in [0, 0.1) is 0 Å². The van der Waals surface area contributed by atoms with Crippen LogP contribution in [0.1, 0.15) is 37.3 Å². The summed E-state index contributed by atoms with van der Waals surface area (Å²) in [5, 5.41) is 11.8. The molecule has 4 aliphatic rings. The Morgan fingerprint density at radius 2 is 2.25 bits per heavy atom. The van der Waals surface area contributed by atoms with Crippen molar-refractivity contribution in [2.75, 3.05) is 20.2 Å². The molecule has 1 saturated heterocycles. The van der Waals surface area contributed by atoms with Gasteiger partial charge in [0, 0.05) is 18.0 Å². The highest BCUT2D eigenvalue weighted by Gasteiger charge is 2.72. The molecule has 24 heavy (non-hydrogen) atoms. The third-order valence-corrected chi connectivity index (χ3v) is 6.81. The Labute approximate surface area is 141 Å². The van der Waals surface area contributed by atoms with Gasteiger partial charge in [-0.05, 0) is 51.4 Å². The van der Waals surface area contributed by atoms with Gasteiger partial charge in [0.15, 0.2) is 23.4 Å². The van der Waals surface area contributed by atoms with Crippen molar-refractivity contribution in [2.24, 2.45) is 0 Å². The summed E-state index contributed by atoms with van der Waals surface area (Å²) in [7, 11) is 2.08. The average molecular weight is 329 g/mol. The van der Waals surface area contributed by atoms with E-state index in [4.69, 9.17) is 9.47 Å². The maximum absolute atomic E-state index is 12.7. The van der Waals surface area contributed by atoms with Crippen LogP contribution in [0.4, 0.5) is 0 Å². The molecule has 2 bridgehead atoms. The van der Waals surface area contributed by atoms with E-state index in [1.165, 1.54) is 5.56 Å². The zero-order valence-corrected chi connectivity index (χ0v) is 14.2. The molecule has 1 saturated carbocycles. The Balaban J connectivity index is 1.81. The van der Waals surface area contributed by atoms with E-state index in [1.54, 1.807) is 0 Å². The van der Waals surface area contributed by atoms with Crippen molar-refractivity contribution in [3.05, 3.63) is 23.3 Å². The van der Waals surface area contributed by atoms with Gasteiger partial charge in [-0.2, -0.15) is 0 Å². The van der Waals surface area contributed by atoms with E-state index in [0.29, 0.717) is 30.9 Å². The number of carbonyl (C=O) groups excluding carboxylic acids is 1. The lowest BCUT2D eigenvalue weighted by Gasteiger charge is -2.62. The Morgan fingerprint density at radius 1 is 1.42 bits per heavy atom. The van der Waals surface area contributed by atoms with Crippen molar-refractivity contribution in [3.8, 4) is 11.5 Å². The van der Waals surface area contributed by atoms with Crippen LogP contribution in [0.3, 0.4) is 0 Å². The molecule has 4 atom stereocenters. The molecular weight excluding hydrogens is 306 g/mol. The van der Waals surface area contributed by atoms with Gasteiger partial charge in [0.05, 0.1) is 17.6 Å². The molecule has 2 heterocycles. The number of benzene rings is 1. The monoisotopic (exact) mass is 329 g/mol. The molecule has 0 aromatic heterocycles. The molecule has 0 unspecified atom stereocenters. The highest BCUT2D eigenvalue weighted by atomic mass is 16.5. The number of hydrogen-bond acceptors (Lipinski definition) is 5. The fourth-order valence-electron chi connectivity index (χ4n) is 5.79. The van der Waals surface area contributed by atoms with Crippen LogP contribution in [-0.2, 0) is 16.6 Å². The van der Waals surface area contributed by atoms with Crippen molar-refractivity contribution in [2.45, 2.75) is 55.8 Å². The minimum atomic E-state index is -0.901. The second-order valence-corrected chi connectivity index (χ2v) is 7.67. The number of piperidine rings is 1. The van der Waals surface area contributed by atoms with Crippen LogP contribution in [-0.4, -0.2) is 53.7 Å². The van der Waals surface area contributed by atoms with Gasteiger partial charge in [0.2, 0.25) is 0 Å². The van der Waals surface area contributed by atoms with E-state index >= 15 is 0 Å². The van der Waals surface area contributed by atoms with Gasteiger partial charge in [0.25, 0.3) is 0 Å². The van der Waals surface area contributed by atoms with Gasteiger partial charge >= 0.3 is 0 Å². The zero-order chi connectivity index (χ0) is 16.7. The standard InChI is InChI=1S/C19H23NO4/c1-3-23-13-5-4-11-10-14-19(22)7-6-12(21)17-18(19,8-9-20(14)2)15(11)16(13)24-17/h4-5,14,17,22H,3,6-10H2,1-2H3/t14-,17+,18+,19-/m1/s1. The molecule has 0 amide bonds. The quantitative estimate of drug-likeness (QED) is 0.890. The number of carbonyl (C=O) groups is 1. The van der Waals surface area contributed by atoms with E-state index in [1.807, 2.05) is 13.0 Å². The Morgan fingerprint density at radius 3 is 3.04 bits per heavy atom. The van der Waals surface area contributed by atoms with Crippen molar-refractivity contribution in [1.82, 2.24) is 4.90 Å². The number of Topliss-reactive ketones (excluding diaryl/α,β-unsaturated/α-hetero) is 1. The van der Waals surface area contributed by atoms with Crippen molar-refractivity contribution >= 4 is 5.78 Å². The lowest BCUT2D eigenvalue weighted by molar-refractivity contribution is -0.185. The van der Waals surface area contributed by atoms with Gasteiger partial charge in [-0.1, -0.05) is 6.07 Å². The lowest BCUT2D eigenvalue weighted by Crippen LogP contribution is -2.76. The third kappa shape index (κ3) is 1.43. The van der Waals surface area contributed by atoms with Crippen LogP contribution < -0.4 is 9.47 Å². The third-order valence-electron chi connectivity index (χ3n) is 6.81. The van der Waals surface area contributed by atoms with Crippen molar-refractivity contribution in [1.29, 1.82) is 0 Å². The predicted octanol–water partition coefficient (Wildman–Crippen LogP) is 1.44. The summed E-state index contributed by atoms with van der Waals surface area (Å²) in [6.07, 6.45) is 1.90. The summed E-state index contributed by atoms with van der Waals surface area (Å²) in [5.41, 5.74) is 0.752. The molecule has 2 fully saturated rings. The topological polar surface area (TPSA) is 59.0 Å². The Kier molecular flexibility index (Phi) is 2.78. The molecule has 5 nitrogen and oxygen atoms in total. The molecule has 2 aliphatic heterocycles. The van der Waals surface area contributed by atoms with E-state index in [2.05, 4.69) is 18.0 Å². The number of aliphatic hydroxyl groups is 1. The molecule has 1 aromatic rings. The average Bonchev–Trinajstić information content (AvgIpc) is 2.92. The van der Waals surface area contributed by atoms with E-state index in [0.717, 1.165) is 24.9 Å². The fraction of sp³-hybridized carbons (Fsp3) is 0.632. The fourth-order valence-corrected chi connectivity index (χ4v) is 5.79. The smallest absolute Gasteiger partial charge is 0.174 e. The van der Waals surface area contributed by atoms with Gasteiger partial charge in [-0.3, -0.25) is 4.79 Å². The second-order valence-electron chi connectivity index (χ2n) is 7.67. The van der Waals surface area contributed by atoms with Crippen LogP contribution in [0.25, 0.3) is 0 Å². The minimum Gasteiger partial charge on any atom is -0.490 e. The molecule has 128 valence electrons. The number of ketones is 1. The molecule has 0 radical (unpaired) electrons. The minimum absolute atomic E-state index is 0.0434. The molecule has 2 aliphatic carbocycles. The first-order valence-electron chi connectivity index (χ1n) is 8.94. The van der Waals surface area contributed by atoms with Crippen LogP contribution >= 0.6 is 0 Å². The van der Waals surface area contributed by atoms with Crippen LogP contribution in [0.5, 0.6) is 11.5 Å². The number of nitrogens with zero attached hydrogens (tertiary/aromatic N) is 1. The first-order valence-corrected chi connectivity index (χ1v) is 8.94. The SMILES string of the molecule is CCOc1ccc2c3c1O[C@H]1C(=O)CC[C@@]4(O)[C@@H](C2)N(C)CC[C@]314. The van der Waals surface area contributed by atoms with Gasteiger partial charge in [-0.25, -0.2) is 0 Å². The second kappa shape index (κ2) is 4.52. The largest absolute Gasteiger partial charge is 0.490 e. The number of rotatable bonds is 2. The number of likely N-dealkylation sites (tertiary alicyclic amines) is 1. The van der Waals surface area contributed by atoms with Gasteiger partial charge < -0.3 is 19.5 Å². The predicted molar refractivity (Wildman–Crippen MR) is 87.6 cm³/mol. The van der Waals surface area contributed by atoms with E-state index < -0.39 is 17.1 Å². The highest BCUT2D eigenvalue weighted by Crippen LogP contribution is 2.64. The van der Waals surface area contributed by atoms with Crippen LogP contribution in [0.15, 0.2) is 12.1 Å². The maximum Gasteiger partial charge on any atom is 0.174 e. The highest BCUT2D eigenvalue weighted by molar-refractivity contribution is 5.90. The molecule has 1 spiro atoms. The number of ether oxygens (including phenoxy) is 2. The number of hydrogen-bond donors (Lipinski definition) is 1. The summed E-state index contributed by atoms with van der Waals surface area (Å²) in [6.45, 7) is 3.37. The summed E-state index contributed by atoms with van der Waals surface area (Å²) < 4.78 is 12.0. The summed E-state index contributed by atoms with van der Waals surface area (Å²) in [5.74, 6) is 1.53. The van der Waals surface area contributed by atoms with E-state index in [-0.39, 0.29) is 11.8 Å². The summed E-state index contributed by atoms with van der Waals surface area (Å²) in [6, 6.07) is 4.10. The van der Waals surface area contributed by atoms with Crippen molar-refractivity contribution < 1.29 is 19.4 Å². The van der Waals surface area contributed by atoms with Gasteiger partial charge in [0.1, 0.15) is 0 Å². The molecule has 1 aromatic carbocycles. The number of likely N-dealkylation sites (N-methyl/N-ethyl adjacent to an activating group) is 1. The molecular formula is C19H23NO4. The Hall–Kier alpha value is -1.59. The first-order chi connectivity index (χ1) is 11.5. The normalized spacial score (nSPS) is 39.4.